The molecule has 1 aromatic carbocycles. The Hall–Kier alpha value is -1.28. The molecule has 2 rings (SSSR count). The first kappa shape index (κ1) is 14.1. The van der Waals surface area contributed by atoms with E-state index in [1.165, 1.54) is 11.1 Å². The molecule has 2 heteroatoms. The van der Waals surface area contributed by atoms with Crippen molar-refractivity contribution in [2.75, 3.05) is 7.11 Å². The molecule has 0 fully saturated rings. The zero-order valence-corrected chi connectivity index (χ0v) is 12.1. The van der Waals surface area contributed by atoms with Crippen LogP contribution < -0.4 is 4.74 Å². The van der Waals surface area contributed by atoms with Crippen LogP contribution in [-0.4, -0.2) is 18.3 Å². The third-order valence-corrected chi connectivity index (χ3v) is 3.79. The molecule has 104 valence electrons. The van der Waals surface area contributed by atoms with Crippen molar-refractivity contribution in [1.29, 1.82) is 0 Å². The van der Waals surface area contributed by atoms with Crippen molar-refractivity contribution >= 4 is 0 Å². The zero-order chi connectivity index (χ0) is 13.9. The summed E-state index contributed by atoms with van der Waals surface area (Å²) in [5.74, 6) is 0.900. The van der Waals surface area contributed by atoms with E-state index in [4.69, 9.17) is 4.74 Å². The second-order valence-electron chi connectivity index (χ2n) is 6.29. The summed E-state index contributed by atoms with van der Waals surface area (Å²) in [5, 5.41) is 9.89. The van der Waals surface area contributed by atoms with E-state index in [1.807, 2.05) is 12.1 Å². The normalized spacial score (nSPS) is 21.9. The van der Waals surface area contributed by atoms with Crippen molar-refractivity contribution in [3.63, 3.8) is 0 Å². The third-order valence-electron chi connectivity index (χ3n) is 3.79. The van der Waals surface area contributed by atoms with Crippen molar-refractivity contribution in [3.8, 4) is 5.75 Å². The highest BCUT2D eigenvalue weighted by atomic mass is 16.5. The zero-order valence-electron chi connectivity index (χ0n) is 12.1. The second kappa shape index (κ2) is 5.79. The minimum absolute atomic E-state index is 0.226. The maximum Gasteiger partial charge on any atom is 0.118 e. The Morgan fingerprint density at radius 3 is 2.47 bits per heavy atom. The van der Waals surface area contributed by atoms with Crippen LogP contribution in [0, 0.1) is 5.41 Å². The van der Waals surface area contributed by atoms with E-state index in [0.29, 0.717) is 0 Å². The highest BCUT2D eigenvalue weighted by Gasteiger charge is 2.27. The van der Waals surface area contributed by atoms with Gasteiger partial charge in [-0.1, -0.05) is 37.6 Å². The molecule has 1 atom stereocenters. The molecule has 0 aliphatic heterocycles. The van der Waals surface area contributed by atoms with Gasteiger partial charge in [-0.15, -0.1) is 0 Å². The SMILES string of the molecule is COc1ccc(CCC2=CC(O)CC(C)(C)C2)cc1. The lowest BCUT2D eigenvalue weighted by Crippen LogP contribution is -2.25. The number of allylic oxidation sites excluding steroid dienone is 1. The summed E-state index contributed by atoms with van der Waals surface area (Å²) in [5.41, 5.74) is 2.93. The second-order valence-corrected chi connectivity index (χ2v) is 6.29. The molecule has 0 spiro atoms. The molecule has 0 heterocycles. The van der Waals surface area contributed by atoms with E-state index in [1.54, 1.807) is 7.11 Å². The Bertz CT molecular complexity index is 443. The van der Waals surface area contributed by atoms with Crippen molar-refractivity contribution < 1.29 is 9.84 Å². The average Bonchev–Trinajstić information content (AvgIpc) is 2.34. The monoisotopic (exact) mass is 260 g/mol. The largest absolute Gasteiger partial charge is 0.497 e. The molecule has 1 aromatic rings. The first-order valence-corrected chi connectivity index (χ1v) is 6.99. The van der Waals surface area contributed by atoms with Crippen LogP contribution >= 0.6 is 0 Å². The van der Waals surface area contributed by atoms with E-state index < -0.39 is 0 Å². The molecule has 1 unspecified atom stereocenters. The van der Waals surface area contributed by atoms with E-state index in [0.717, 1.165) is 31.4 Å². The van der Waals surface area contributed by atoms with E-state index in [9.17, 15) is 5.11 Å². The van der Waals surface area contributed by atoms with Crippen LogP contribution in [0.15, 0.2) is 35.9 Å². The highest BCUT2D eigenvalue weighted by Crippen LogP contribution is 2.36. The van der Waals surface area contributed by atoms with Crippen LogP contribution in [0.4, 0.5) is 0 Å². The predicted molar refractivity (Wildman–Crippen MR) is 78.4 cm³/mol. The first-order valence-electron chi connectivity index (χ1n) is 6.99. The van der Waals surface area contributed by atoms with Gasteiger partial charge in [0, 0.05) is 0 Å². The Labute approximate surface area is 116 Å². The maximum absolute atomic E-state index is 9.89. The quantitative estimate of drug-likeness (QED) is 0.836. The van der Waals surface area contributed by atoms with Crippen LogP contribution in [0.25, 0.3) is 0 Å². The standard InChI is InChI=1S/C17H24O2/c1-17(2)11-14(10-15(18)12-17)5-4-13-6-8-16(19-3)9-7-13/h6-10,15,18H,4-5,11-12H2,1-3H3. The number of methoxy groups -OCH3 is 1. The van der Waals surface area contributed by atoms with Gasteiger partial charge in [-0.3, -0.25) is 0 Å². The van der Waals surface area contributed by atoms with Crippen LogP contribution in [0.2, 0.25) is 0 Å². The van der Waals surface area contributed by atoms with Gasteiger partial charge < -0.3 is 9.84 Å². The number of ether oxygens (including phenoxy) is 1. The van der Waals surface area contributed by atoms with Crippen LogP contribution in [0.3, 0.4) is 0 Å². The van der Waals surface area contributed by atoms with Crippen LogP contribution in [0.1, 0.15) is 38.7 Å². The number of aliphatic hydroxyl groups excluding tert-OH is 1. The Balaban J connectivity index is 1.94. The molecule has 0 aromatic heterocycles. The fraction of sp³-hybridized carbons (Fsp3) is 0.529. The molecule has 1 aliphatic rings. The summed E-state index contributed by atoms with van der Waals surface area (Å²) >= 11 is 0. The van der Waals surface area contributed by atoms with Gasteiger partial charge in [0.15, 0.2) is 0 Å². The molecular formula is C17H24O2. The Kier molecular flexibility index (Phi) is 4.31. The van der Waals surface area contributed by atoms with Gasteiger partial charge in [0.1, 0.15) is 5.75 Å². The summed E-state index contributed by atoms with van der Waals surface area (Å²) in [6, 6.07) is 8.24. The molecule has 0 amide bonds. The molecule has 1 N–H and O–H groups in total. The van der Waals surface area contributed by atoms with Gasteiger partial charge in [0.05, 0.1) is 13.2 Å². The van der Waals surface area contributed by atoms with Gasteiger partial charge in [-0.25, -0.2) is 0 Å². The topological polar surface area (TPSA) is 29.5 Å². The molecule has 2 nitrogen and oxygen atoms in total. The summed E-state index contributed by atoms with van der Waals surface area (Å²) in [4.78, 5) is 0. The van der Waals surface area contributed by atoms with Gasteiger partial charge in [-0.05, 0) is 48.8 Å². The minimum atomic E-state index is -0.269. The molecule has 19 heavy (non-hydrogen) atoms. The van der Waals surface area contributed by atoms with Crippen molar-refractivity contribution in [2.45, 2.75) is 45.6 Å². The minimum Gasteiger partial charge on any atom is -0.497 e. The highest BCUT2D eigenvalue weighted by molar-refractivity contribution is 5.28. The van der Waals surface area contributed by atoms with Crippen LogP contribution in [-0.2, 0) is 6.42 Å². The van der Waals surface area contributed by atoms with Crippen LogP contribution in [0.5, 0.6) is 5.75 Å². The number of aryl methyl sites for hydroxylation is 1. The summed E-state index contributed by atoms with van der Waals surface area (Å²) < 4.78 is 5.16. The Morgan fingerprint density at radius 1 is 1.21 bits per heavy atom. The number of benzene rings is 1. The number of rotatable bonds is 4. The van der Waals surface area contributed by atoms with E-state index in [-0.39, 0.29) is 11.5 Å². The molecule has 0 saturated carbocycles. The first-order chi connectivity index (χ1) is 8.98. The molecular weight excluding hydrogens is 236 g/mol. The molecule has 0 radical (unpaired) electrons. The lowest BCUT2D eigenvalue weighted by Gasteiger charge is -2.32. The van der Waals surface area contributed by atoms with Gasteiger partial charge in [0.2, 0.25) is 0 Å². The van der Waals surface area contributed by atoms with Crippen molar-refractivity contribution in [3.05, 3.63) is 41.5 Å². The summed E-state index contributed by atoms with van der Waals surface area (Å²) in [6.45, 7) is 4.47. The predicted octanol–water partition coefficient (Wildman–Crippen LogP) is 3.74. The summed E-state index contributed by atoms with van der Waals surface area (Å²) in [6.07, 6.45) is 5.81. The van der Waals surface area contributed by atoms with Gasteiger partial charge in [-0.2, -0.15) is 0 Å². The fourth-order valence-electron chi connectivity index (χ4n) is 2.91. The molecule has 0 saturated heterocycles. The third kappa shape index (κ3) is 4.10. The maximum atomic E-state index is 9.89. The smallest absolute Gasteiger partial charge is 0.118 e. The lowest BCUT2D eigenvalue weighted by molar-refractivity contribution is 0.137. The average molecular weight is 260 g/mol. The fourth-order valence-corrected chi connectivity index (χ4v) is 2.91. The van der Waals surface area contributed by atoms with E-state index >= 15 is 0 Å². The summed E-state index contributed by atoms with van der Waals surface area (Å²) in [7, 11) is 1.69. The van der Waals surface area contributed by atoms with E-state index in [2.05, 4.69) is 32.1 Å². The van der Waals surface area contributed by atoms with Crippen molar-refractivity contribution in [1.82, 2.24) is 0 Å². The molecule has 0 bridgehead atoms. The van der Waals surface area contributed by atoms with Crippen molar-refractivity contribution in [2.24, 2.45) is 5.41 Å². The molecule has 1 aliphatic carbocycles. The number of aliphatic hydroxyl groups is 1. The van der Waals surface area contributed by atoms with Gasteiger partial charge in [0.25, 0.3) is 0 Å². The number of hydrogen-bond acceptors (Lipinski definition) is 2. The lowest BCUT2D eigenvalue weighted by atomic mass is 9.75. The Morgan fingerprint density at radius 2 is 1.89 bits per heavy atom. The number of hydrogen-bond donors (Lipinski definition) is 1. The van der Waals surface area contributed by atoms with Gasteiger partial charge >= 0.3 is 0 Å².